The number of hydrogen-bond acceptors (Lipinski definition) is 3. The van der Waals surface area contributed by atoms with Crippen LogP contribution < -0.4 is 10.2 Å². The van der Waals surface area contributed by atoms with E-state index in [-0.39, 0.29) is 11.8 Å². The number of rotatable bonds is 3. The maximum absolute atomic E-state index is 12.6. The maximum Gasteiger partial charge on any atom is 0.253 e. The van der Waals surface area contributed by atoms with Gasteiger partial charge < -0.3 is 15.1 Å². The molecule has 6 heteroatoms. The summed E-state index contributed by atoms with van der Waals surface area (Å²) in [6, 6.07) is 14.8. The molecular formula is C19H20ClN3O2. The minimum absolute atomic E-state index is 0.0140. The Balaban J connectivity index is 1.60. The lowest BCUT2D eigenvalue weighted by Gasteiger charge is -2.36. The van der Waals surface area contributed by atoms with Gasteiger partial charge in [-0.3, -0.25) is 9.59 Å². The molecule has 1 N–H and O–H groups in total. The lowest BCUT2D eigenvalue weighted by molar-refractivity contribution is -0.114. The first-order valence-corrected chi connectivity index (χ1v) is 8.58. The number of halogens is 1. The highest BCUT2D eigenvalue weighted by Gasteiger charge is 2.22. The Labute approximate surface area is 152 Å². The fourth-order valence-corrected chi connectivity index (χ4v) is 3.11. The van der Waals surface area contributed by atoms with E-state index in [1.807, 2.05) is 29.2 Å². The van der Waals surface area contributed by atoms with Gasteiger partial charge in [-0.2, -0.15) is 0 Å². The first kappa shape index (κ1) is 17.3. The van der Waals surface area contributed by atoms with Gasteiger partial charge in [-0.25, -0.2) is 0 Å². The Kier molecular flexibility index (Phi) is 5.24. The zero-order chi connectivity index (χ0) is 17.8. The molecule has 0 atom stereocenters. The number of nitrogens with one attached hydrogen (secondary N) is 1. The third kappa shape index (κ3) is 4.31. The fourth-order valence-electron chi connectivity index (χ4n) is 2.92. The molecule has 2 aromatic rings. The molecule has 2 amide bonds. The van der Waals surface area contributed by atoms with Crippen molar-refractivity contribution in [2.75, 3.05) is 36.4 Å². The van der Waals surface area contributed by atoms with Crippen molar-refractivity contribution in [1.82, 2.24) is 4.90 Å². The van der Waals surface area contributed by atoms with Crippen molar-refractivity contribution in [2.45, 2.75) is 6.92 Å². The molecule has 25 heavy (non-hydrogen) atoms. The third-order valence-corrected chi connectivity index (χ3v) is 4.43. The second-order valence-electron chi connectivity index (χ2n) is 6.02. The highest BCUT2D eigenvalue weighted by molar-refractivity contribution is 6.30. The Morgan fingerprint density at radius 1 is 1.00 bits per heavy atom. The van der Waals surface area contributed by atoms with Crippen LogP contribution in [0.4, 0.5) is 11.4 Å². The van der Waals surface area contributed by atoms with Crippen LogP contribution in [0.3, 0.4) is 0 Å². The second-order valence-corrected chi connectivity index (χ2v) is 6.45. The average Bonchev–Trinajstić information content (AvgIpc) is 2.61. The summed E-state index contributed by atoms with van der Waals surface area (Å²) in [5.41, 5.74) is 2.40. The Morgan fingerprint density at radius 3 is 2.28 bits per heavy atom. The summed E-state index contributed by atoms with van der Waals surface area (Å²) < 4.78 is 0. The number of hydrogen-bond donors (Lipinski definition) is 1. The molecule has 0 bridgehead atoms. The highest BCUT2D eigenvalue weighted by atomic mass is 35.5. The van der Waals surface area contributed by atoms with Gasteiger partial charge in [-0.15, -0.1) is 0 Å². The molecule has 3 rings (SSSR count). The van der Waals surface area contributed by atoms with Gasteiger partial charge >= 0.3 is 0 Å². The fraction of sp³-hybridized carbons (Fsp3) is 0.263. The van der Waals surface area contributed by atoms with Gasteiger partial charge in [0.2, 0.25) is 5.91 Å². The number of carbonyl (C=O) groups is 2. The largest absolute Gasteiger partial charge is 0.368 e. The second kappa shape index (κ2) is 7.57. The quantitative estimate of drug-likeness (QED) is 0.917. The average molecular weight is 358 g/mol. The van der Waals surface area contributed by atoms with Gasteiger partial charge in [0.15, 0.2) is 0 Å². The first-order valence-electron chi connectivity index (χ1n) is 8.20. The van der Waals surface area contributed by atoms with E-state index in [1.165, 1.54) is 6.92 Å². The molecule has 0 unspecified atom stereocenters. The van der Waals surface area contributed by atoms with E-state index in [1.54, 1.807) is 24.3 Å². The summed E-state index contributed by atoms with van der Waals surface area (Å²) >= 11 is 6.05. The summed E-state index contributed by atoms with van der Waals surface area (Å²) in [6.45, 7) is 4.34. The van der Waals surface area contributed by atoms with Gasteiger partial charge in [0, 0.05) is 55.1 Å². The number of amides is 2. The van der Waals surface area contributed by atoms with Crippen LogP contribution in [0.1, 0.15) is 17.3 Å². The Bertz CT molecular complexity index is 768. The number of nitrogens with zero attached hydrogens (tertiary/aromatic N) is 2. The predicted molar refractivity (Wildman–Crippen MR) is 100 cm³/mol. The molecule has 0 saturated carbocycles. The molecule has 1 heterocycles. The van der Waals surface area contributed by atoms with Crippen LogP contribution >= 0.6 is 11.6 Å². The summed E-state index contributed by atoms with van der Waals surface area (Å²) in [6.07, 6.45) is 0. The molecular weight excluding hydrogens is 338 g/mol. The smallest absolute Gasteiger partial charge is 0.253 e. The normalized spacial score (nSPS) is 14.3. The van der Waals surface area contributed by atoms with Crippen molar-refractivity contribution in [1.29, 1.82) is 0 Å². The molecule has 1 aliphatic rings. The molecule has 5 nitrogen and oxygen atoms in total. The van der Waals surface area contributed by atoms with E-state index < -0.39 is 0 Å². The molecule has 0 spiro atoms. The van der Waals surface area contributed by atoms with Crippen LogP contribution in [-0.4, -0.2) is 42.9 Å². The van der Waals surface area contributed by atoms with Crippen LogP contribution in [0, 0.1) is 0 Å². The lowest BCUT2D eigenvalue weighted by Crippen LogP contribution is -2.48. The third-order valence-electron chi connectivity index (χ3n) is 4.19. The summed E-state index contributed by atoms with van der Waals surface area (Å²) in [5, 5.41) is 3.42. The molecule has 130 valence electrons. The van der Waals surface area contributed by atoms with Gasteiger partial charge in [-0.1, -0.05) is 17.7 Å². The highest BCUT2D eigenvalue weighted by Crippen LogP contribution is 2.21. The Hall–Kier alpha value is -2.53. The van der Waals surface area contributed by atoms with E-state index in [0.717, 1.165) is 23.8 Å². The van der Waals surface area contributed by atoms with E-state index >= 15 is 0 Å². The standard InChI is InChI=1S/C19H20ClN3O2/c1-14(24)21-17-7-5-15(6-8-17)19(25)23-11-9-22(10-12-23)18-4-2-3-16(20)13-18/h2-8,13H,9-12H2,1H3,(H,21,24). The summed E-state index contributed by atoms with van der Waals surface area (Å²) in [7, 11) is 0. The summed E-state index contributed by atoms with van der Waals surface area (Å²) in [4.78, 5) is 27.8. The van der Waals surface area contributed by atoms with Gasteiger partial charge in [-0.05, 0) is 42.5 Å². The number of benzene rings is 2. The van der Waals surface area contributed by atoms with Crippen molar-refractivity contribution in [3.05, 3.63) is 59.1 Å². The van der Waals surface area contributed by atoms with Crippen LogP contribution in [0.5, 0.6) is 0 Å². The van der Waals surface area contributed by atoms with E-state index in [0.29, 0.717) is 24.3 Å². The lowest BCUT2D eigenvalue weighted by atomic mass is 10.1. The van der Waals surface area contributed by atoms with Crippen molar-refractivity contribution in [3.8, 4) is 0 Å². The van der Waals surface area contributed by atoms with Gasteiger partial charge in [0.25, 0.3) is 5.91 Å². The monoisotopic (exact) mass is 357 g/mol. The van der Waals surface area contributed by atoms with Crippen LogP contribution in [0.25, 0.3) is 0 Å². The Morgan fingerprint density at radius 2 is 1.68 bits per heavy atom. The molecule has 0 aromatic heterocycles. The van der Waals surface area contributed by atoms with E-state index in [4.69, 9.17) is 11.6 Å². The maximum atomic E-state index is 12.6. The van der Waals surface area contributed by atoms with Crippen molar-refractivity contribution in [3.63, 3.8) is 0 Å². The molecule has 1 saturated heterocycles. The number of carbonyl (C=O) groups excluding carboxylic acids is 2. The van der Waals surface area contributed by atoms with Crippen LogP contribution in [0.15, 0.2) is 48.5 Å². The number of piperazine rings is 1. The van der Waals surface area contributed by atoms with Gasteiger partial charge in [0.05, 0.1) is 0 Å². The predicted octanol–water partition coefficient (Wildman–Crippen LogP) is 3.26. The topological polar surface area (TPSA) is 52.7 Å². The molecule has 0 radical (unpaired) electrons. The SMILES string of the molecule is CC(=O)Nc1ccc(C(=O)N2CCN(c3cccc(Cl)c3)CC2)cc1. The minimum atomic E-state index is -0.129. The van der Waals surface area contributed by atoms with Crippen LogP contribution in [0.2, 0.25) is 5.02 Å². The first-order chi connectivity index (χ1) is 12.0. The minimum Gasteiger partial charge on any atom is -0.368 e. The zero-order valence-corrected chi connectivity index (χ0v) is 14.8. The van der Waals surface area contributed by atoms with Crippen molar-refractivity contribution >= 4 is 34.8 Å². The van der Waals surface area contributed by atoms with Crippen LogP contribution in [-0.2, 0) is 4.79 Å². The van der Waals surface area contributed by atoms with E-state index in [2.05, 4.69) is 10.2 Å². The van der Waals surface area contributed by atoms with Crippen molar-refractivity contribution in [2.24, 2.45) is 0 Å². The molecule has 2 aromatic carbocycles. The molecule has 1 aliphatic heterocycles. The zero-order valence-electron chi connectivity index (χ0n) is 14.0. The summed E-state index contributed by atoms with van der Waals surface area (Å²) in [5.74, 6) is -0.115. The number of anilines is 2. The molecule has 0 aliphatic carbocycles. The van der Waals surface area contributed by atoms with Crippen molar-refractivity contribution < 1.29 is 9.59 Å². The van der Waals surface area contributed by atoms with E-state index in [9.17, 15) is 9.59 Å². The molecule has 1 fully saturated rings. The van der Waals surface area contributed by atoms with Gasteiger partial charge in [0.1, 0.15) is 0 Å².